The van der Waals surface area contributed by atoms with E-state index in [4.69, 9.17) is 5.73 Å². The second-order valence-corrected chi connectivity index (χ2v) is 4.83. The molecular formula is C10H17N3O2. The number of hydrogen-bond donors (Lipinski definition) is 2. The molecule has 0 radical (unpaired) electrons. The predicted molar refractivity (Wildman–Crippen MR) is 54.9 cm³/mol. The number of likely N-dealkylation sites (tertiary alicyclic amines) is 1. The summed E-state index contributed by atoms with van der Waals surface area (Å²) < 4.78 is 0. The third-order valence-electron chi connectivity index (χ3n) is 3.58. The Balaban J connectivity index is 2.14. The molecule has 0 aromatic carbocycles. The van der Waals surface area contributed by atoms with Crippen LogP contribution in [0.2, 0.25) is 0 Å². The fourth-order valence-corrected chi connectivity index (χ4v) is 2.62. The van der Waals surface area contributed by atoms with Crippen LogP contribution >= 0.6 is 0 Å². The highest BCUT2D eigenvalue weighted by atomic mass is 16.2. The first-order chi connectivity index (χ1) is 6.99. The van der Waals surface area contributed by atoms with Crippen LogP contribution in [-0.4, -0.2) is 42.4 Å². The zero-order valence-corrected chi connectivity index (χ0v) is 9.12. The van der Waals surface area contributed by atoms with Crippen molar-refractivity contribution < 1.29 is 9.59 Å². The Labute approximate surface area is 89.0 Å². The molecular weight excluding hydrogens is 194 g/mol. The molecule has 0 aromatic rings. The maximum Gasteiger partial charge on any atom is 0.240 e. The average Bonchev–Trinajstić information content (AvgIpc) is 2.69. The molecule has 0 aromatic heterocycles. The number of rotatable bonds is 3. The molecule has 0 spiro atoms. The molecule has 5 nitrogen and oxygen atoms in total. The van der Waals surface area contributed by atoms with Gasteiger partial charge in [-0.05, 0) is 25.3 Å². The van der Waals surface area contributed by atoms with E-state index in [2.05, 4.69) is 12.2 Å². The zero-order valence-electron chi connectivity index (χ0n) is 9.12. The molecule has 3 atom stereocenters. The number of primary amides is 1. The van der Waals surface area contributed by atoms with Crippen molar-refractivity contribution in [2.24, 2.45) is 11.1 Å². The van der Waals surface area contributed by atoms with Gasteiger partial charge in [0.25, 0.3) is 0 Å². The third kappa shape index (κ3) is 1.51. The monoisotopic (exact) mass is 211 g/mol. The van der Waals surface area contributed by atoms with Crippen molar-refractivity contribution in [3.63, 3.8) is 0 Å². The van der Waals surface area contributed by atoms with Crippen molar-refractivity contribution in [1.82, 2.24) is 10.2 Å². The Hall–Kier alpha value is -1.10. The number of nitrogens with one attached hydrogen (secondary N) is 1. The number of likely N-dealkylation sites (N-methyl/N-ethyl adjacent to an activating group) is 1. The molecule has 5 heteroatoms. The van der Waals surface area contributed by atoms with Crippen molar-refractivity contribution in [2.75, 3.05) is 13.6 Å². The van der Waals surface area contributed by atoms with Gasteiger partial charge in [0.05, 0.1) is 6.54 Å². The van der Waals surface area contributed by atoms with Gasteiger partial charge in [0.15, 0.2) is 0 Å². The molecule has 1 aliphatic heterocycles. The van der Waals surface area contributed by atoms with Crippen molar-refractivity contribution in [1.29, 1.82) is 0 Å². The van der Waals surface area contributed by atoms with E-state index in [9.17, 15) is 9.59 Å². The van der Waals surface area contributed by atoms with Gasteiger partial charge in [0.2, 0.25) is 11.8 Å². The van der Waals surface area contributed by atoms with E-state index in [-0.39, 0.29) is 29.8 Å². The zero-order chi connectivity index (χ0) is 11.2. The largest absolute Gasteiger partial charge is 0.368 e. The highest BCUT2D eigenvalue weighted by molar-refractivity contribution is 5.89. The van der Waals surface area contributed by atoms with E-state index in [1.807, 2.05) is 0 Å². The Bertz CT molecular complexity index is 318. The van der Waals surface area contributed by atoms with Gasteiger partial charge in [0.1, 0.15) is 6.04 Å². The average molecular weight is 211 g/mol. The van der Waals surface area contributed by atoms with Crippen LogP contribution in [0.5, 0.6) is 0 Å². The summed E-state index contributed by atoms with van der Waals surface area (Å²) in [6.07, 6.45) is 1.73. The Kier molecular flexibility index (Phi) is 2.22. The number of nitrogens with zero attached hydrogens (tertiary/aromatic N) is 1. The Morgan fingerprint density at radius 1 is 1.53 bits per heavy atom. The van der Waals surface area contributed by atoms with Gasteiger partial charge in [-0.3, -0.25) is 9.59 Å². The van der Waals surface area contributed by atoms with Gasteiger partial charge in [-0.15, -0.1) is 0 Å². The summed E-state index contributed by atoms with van der Waals surface area (Å²) in [5.41, 5.74) is 5.45. The van der Waals surface area contributed by atoms with Gasteiger partial charge in [0, 0.05) is 6.04 Å². The summed E-state index contributed by atoms with van der Waals surface area (Å²) >= 11 is 0. The number of carbonyl (C=O) groups is 2. The summed E-state index contributed by atoms with van der Waals surface area (Å²) in [5, 5.41) is 2.81. The molecule has 1 saturated heterocycles. The molecule has 3 N–H and O–H groups in total. The molecule has 1 heterocycles. The number of hydrogen-bond acceptors (Lipinski definition) is 3. The van der Waals surface area contributed by atoms with Gasteiger partial charge in [-0.2, -0.15) is 0 Å². The van der Waals surface area contributed by atoms with Crippen LogP contribution in [0.3, 0.4) is 0 Å². The van der Waals surface area contributed by atoms with Crippen LogP contribution in [0.25, 0.3) is 0 Å². The molecule has 2 unspecified atom stereocenters. The van der Waals surface area contributed by atoms with Gasteiger partial charge in [-0.25, -0.2) is 0 Å². The van der Waals surface area contributed by atoms with Gasteiger partial charge >= 0.3 is 0 Å². The quantitative estimate of drug-likeness (QED) is 0.633. The van der Waals surface area contributed by atoms with E-state index in [1.165, 1.54) is 0 Å². The van der Waals surface area contributed by atoms with E-state index >= 15 is 0 Å². The van der Waals surface area contributed by atoms with Gasteiger partial charge in [-0.1, -0.05) is 6.92 Å². The molecule has 2 aliphatic rings. The summed E-state index contributed by atoms with van der Waals surface area (Å²) in [5.74, 6) is -0.402. The van der Waals surface area contributed by atoms with E-state index in [0.29, 0.717) is 0 Å². The highest BCUT2D eigenvalue weighted by Gasteiger charge is 2.63. The SMILES string of the molecule is CNCC(=O)N1C(C(N)=O)C[C@]2(C)CC12. The lowest BCUT2D eigenvalue weighted by Gasteiger charge is -2.25. The lowest BCUT2D eigenvalue weighted by Crippen LogP contribution is -2.48. The molecule has 1 aliphatic carbocycles. The first-order valence-corrected chi connectivity index (χ1v) is 5.24. The van der Waals surface area contributed by atoms with Crippen LogP contribution in [0.4, 0.5) is 0 Å². The summed E-state index contributed by atoms with van der Waals surface area (Å²) in [7, 11) is 1.72. The molecule has 2 rings (SSSR count). The minimum atomic E-state index is -0.394. The van der Waals surface area contributed by atoms with E-state index in [1.54, 1.807) is 11.9 Å². The summed E-state index contributed by atoms with van der Waals surface area (Å²) in [6, 6.07) is -0.162. The van der Waals surface area contributed by atoms with Crippen molar-refractivity contribution in [3.05, 3.63) is 0 Å². The van der Waals surface area contributed by atoms with Crippen molar-refractivity contribution in [3.8, 4) is 0 Å². The second kappa shape index (κ2) is 3.20. The standard InChI is InChI=1S/C10H17N3O2/c1-10-3-6(9(11)15)13(7(10)4-10)8(14)5-12-2/h6-7,12H,3-5H2,1-2H3,(H2,11,15)/t6?,7?,10-/m1/s1. The number of fused-ring (bicyclic) bond motifs is 1. The van der Waals surface area contributed by atoms with Crippen LogP contribution in [0.1, 0.15) is 19.8 Å². The molecule has 1 saturated carbocycles. The smallest absolute Gasteiger partial charge is 0.240 e. The van der Waals surface area contributed by atoms with Crippen molar-refractivity contribution >= 4 is 11.8 Å². The van der Waals surface area contributed by atoms with Crippen LogP contribution in [0.15, 0.2) is 0 Å². The predicted octanol–water partition coefficient (Wildman–Crippen LogP) is -0.929. The molecule has 15 heavy (non-hydrogen) atoms. The topological polar surface area (TPSA) is 75.4 Å². The minimum Gasteiger partial charge on any atom is -0.368 e. The fraction of sp³-hybridized carbons (Fsp3) is 0.800. The number of amides is 2. The number of nitrogens with two attached hydrogens (primary N) is 1. The first-order valence-electron chi connectivity index (χ1n) is 5.24. The number of carbonyl (C=O) groups excluding carboxylic acids is 2. The summed E-state index contributed by atoms with van der Waals surface area (Å²) in [4.78, 5) is 24.7. The van der Waals surface area contributed by atoms with Crippen LogP contribution < -0.4 is 11.1 Å². The van der Waals surface area contributed by atoms with E-state index < -0.39 is 6.04 Å². The minimum absolute atomic E-state index is 0.0208. The van der Waals surface area contributed by atoms with Crippen LogP contribution in [-0.2, 0) is 9.59 Å². The second-order valence-electron chi connectivity index (χ2n) is 4.83. The van der Waals surface area contributed by atoms with E-state index in [0.717, 1.165) is 12.8 Å². The Morgan fingerprint density at radius 2 is 2.20 bits per heavy atom. The maximum atomic E-state index is 11.8. The first kappa shape index (κ1) is 10.4. The molecule has 2 fully saturated rings. The molecule has 84 valence electrons. The molecule has 0 bridgehead atoms. The normalized spacial score (nSPS) is 37.6. The van der Waals surface area contributed by atoms with Crippen LogP contribution in [0, 0.1) is 5.41 Å². The Morgan fingerprint density at radius 3 is 2.73 bits per heavy atom. The fourth-order valence-electron chi connectivity index (χ4n) is 2.62. The van der Waals surface area contributed by atoms with Gasteiger partial charge < -0.3 is 16.0 Å². The lowest BCUT2D eigenvalue weighted by atomic mass is 10.0. The molecule has 2 amide bonds. The highest BCUT2D eigenvalue weighted by Crippen LogP contribution is 2.58. The lowest BCUT2D eigenvalue weighted by molar-refractivity contribution is -0.137. The van der Waals surface area contributed by atoms with Crippen molar-refractivity contribution in [2.45, 2.75) is 31.8 Å². The summed E-state index contributed by atoms with van der Waals surface area (Å²) in [6.45, 7) is 2.39. The number of piperidine rings is 1. The third-order valence-corrected chi connectivity index (χ3v) is 3.58. The maximum absolute atomic E-state index is 11.8.